The Morgan fingerprint density at radius 3 is 2.28 bits per heavy atom. The molecule has 3 rings (SSSR count). The zero-order valence-corrected chi connectivity index (χ0v) is 16.5. The lowest BCUT2D eigenvalue weighted by molar-refractivity contribution is 0.102. The summed E-state index contributed by atoms with van der Waals surface area (Å²) < 4.78 is 33.7. The Morgan fingerprint density at radius 1 is 0.966 bits per heavy atom. The van der Waals surface area contributed by atoms with Gasteiger partial charge < -0.3 is 14.8 Å². The van der Waals surface area contributed by atoms with Crippen molar-refractivity contribution in [2.75, 3.05) is 12.4 Å². The van der Waals surface area contributed by atoms with Gasteiger partial charge in [-0.05, 0) is 48.0 Å². The normalized spacial score (nSPS) is 11.0. The molecule has 0 fully saturated rings. The second kappa shape index (κ2) is 8.76. The first-order valence-electron chi connectivity index (χ1n) is 8.66. The lowest BCUT2D eigenvalue weighted by Gasteiger charge is -2.12. The molecule has 0 aliphatic heterocycles. The van der Waals surface area contributed by atoms with E-state index in [9.17, 15) is 13.2 Å². The van der Waals surface area contributed by atoms with Gasteiger partial charge in [0.2, 0.25) is 10.0 Å². The summed E-state index contributed by atoms with van der Waals surface area (Å²) in [6.45, 7) is 0.374. The lowest BCUT2D eigenvalue weighted by atomic mass is 10.1. The lowest BCUT2D eigenvalue weighted by Crippen LogP contribution is -2.14. The third-order valence-electron chi connectivity index (χ3n) is 4.10. The molecule has 7 nitrogen and oxygen atoms in total. The summed E-state index contributed by atoms with van der Waals surface area (Å²) in [5.74, 6) is 0.574. The molecule has 3 aromatic rings. The van der Waals surface area contributed by atoms with Gasteiger partial charge in [0.15, 0.2) is 11.5 Å². The fourth-order valence-electron chi connectivity index (χ4n) is 2.59. The largest absolute Gasteiger partial charge is 0.493 e. The maximum absolute atomic E-state index is 12.5. The summed E-state index contributed by atoms with van der Waals surface area (Å²) in [5, 5.41) is 7.76. The van der Waals surface area contributed by atoms with Crippen LogP contribution in [0.25, 0.3) is 0 Å². The molecule has 0 aliphatic rings. The topological polar surface area (TPSA) is 108 Å². The molecule has 0 unspecified atom stereocenters. The van der Waals surface area contributed by atoms with Crippen LogP contribution in [0.5, 0.6) is 11.5 Å². The minimum absolute atomic E-state index is 0.0305. The van der Waals surface area contributed by atoms with Gasteiger partial charge in [0.1, 0.15) is 6.61 Å². The molecule has 0 aromatic heterocycles. The average Bonchev–Trinajstić information content (AvgIpc) is 2.72. The van der Waals surface area contributed by atoms with E-state index >= 15 is 0 Å². The van der Waals surface area contributed by atoms with Crippen LogP contribution in [0.15, 0.2) is 77.7 Å². The van der Waals surface area contributed by atoms with Crippen LogP contribution in [0.4, 0.5) is 5.69 Å². The van der Waals surface area contributed by atoms with Crippen molar-refractivity contribution in [2.45, 2.75) is 11.5 Å². The highest BCUT2D eigenvalue weighted by molar-refractivity contribution is 7.89. The molecular weight excluding hydrogens is 392 g/mol. The SMILES string of the molecule is COc1cc(C(=O)Nc2ccc(S(N)(=O)=O)cc2)ccc1OCc1ccccc1. The number of hydrogen-bond donors (Lipinski definition) is 2. The van der Waals surface area contributed by atoms with Crippen LogP contribution in [0.3, 0.4) is 0 Å². The first-order chi connectivity index (χ1) is 13.9. The van der Waals surface area contributed by atoms with Crippen LogP contribution in [0.1, 0.15) is 15.9 Å². The van der Waals surface area contributed by atoms with E-state index in [4.69, 9.17) is 14.6 Å². The van der Waals surface area contributed by atoms with E-state index in [0.717, 1.165) is 5.56 Å². The molecule has 0 saturated heterocycles. The number of benzene rings is 3. The predicted octanol–water partition coefficient (Wildman–Crippen LogP) is 3.17. The van der Waals surface area contributed by atoms with Crippen molar-refractivity contribution in [3.8, 4) is 11.5 Å². The highest BCUT2D eigenvalue weighted by Crippen LogP contribution is 2.29. The molecule has 0 bridgehead atoms. The maximum atomic E-state index is 12.5. The van der Waals surface area contributed by atoms with Crippen molar-refractivity contribution >= 4 is 21.6 Å². The minimum Gasteiger partial charge on any atom is -0.493 e. The molecule has 3 aromatic carbocycles. The number of hydrogen-bond acceptors (Lipinski definition) is 5. The predicted molar refractivity (Wildman–Crippen MR) is 110 cm³/mol. The molecule has 8 heteroatoms. The van der Waals surface area contributed by atoms with Gasteiger partial charge in [0.25, 0.3) is 5.91 Å². The van der Waals surface area contributed by atoms with Crippen LogP contribution in [0, 0.1) is 0 Å². The Morgan fingerprint density at radius 2 is 1.66 bits per heavy atom. The van der Waals surface area contributed by atoms with E-state index in [1.807, 2.05) is 30.3 Å². The van der Waals surface area contributed by atoms with Crippen molar-refractivity contribution in [2.24, 2.45) is 5.14 Å². The van der Waals surface area contributed by atoms with Gasteiger partial charge >= 0.3 is 0 Å². The molecule has 29 heavy (non-hydrogen) atoms. The Kier molecular flexibility index (Phi) is 6.16. The van der Waals surface area contributed by atoms with Crippen molar-refractivity contribution in [3.05, 3.63) is 83.9 Å². The van der Waals surface area contributed by atoms with Gasteiger partial charge in [-0.15, -0.1) is 0 Å². The third kappa shape index (κ3) is 5.34. The molecule has 150 valence electrons. The summed E-state index contributed by atoms with van der Waals surface area (Å²) in [6.07, 6.45) is 0. The Balaban J connectivity index is 1.70. The van der Waals surface area contributed by atoms with E-state index in [1.54, 1.807) is 18.2 Å². The first-order valence-corrected chi connectivity index (χ1v) is 10.2. The van der Waals surface area contributed by atoms with Crippen molar-refractivity contribution in [1.29, 1.82) is 0 Å². The quantitative estimate of drug-likeness (QED) is 0.620. The number of sulfonamides is 1. The Hall–Kier alpha value is -3.36. The number of primary sulfonamides is 1. The highest BCUT2D eigenvalue weighted by atomic mass is 32.2. The van der Waals surface area contributed by atoms with Crippen molar-refractivity contribution < 1.29 is 22.7 Å². The Labute approximate surface area is 169 Å². The third-order valence-corrected chi connectivity index (χ3v) is 5.03. The van der Waals surface area contributed by atoms with E-state index in [-0.39, 0.29) is 10.8 Å². The van der Waals surface area contributed by atoms with E-state index in [2.05, 4.69) is 5.32 Å². The zero-order chi connectivity index (χ0) is 20.9. The second-order valence-electron chi connectivity index (χ2n) is 6.16. The molecule has 0 spiro atoms. The standard InChI is InChI=1S/C21H20N2O5S/c1-27-20-13-16(7-12-19(20)28-14-15-5-3-2-4-6-15)21(24)23-17-8-10-18(11-9-17)29(22,25)26/h2-13H,14H2,1H3,(H,23,24)(H2,22,25,26). The minimum atomic E-state index is -3.78. The molecule has 0 aliphatic carbocycles. The number of carbonyl (C=O) groups excluding carboxylic acids is 1. The first kappa shape index (κ1) is 20.4. The molecule has 0 radical (unpaired) electrons. The molecule has 0 heterocycles. The van der Waals surface area contributed by atoms with Crippen LogP contribution >= 0.6 is 0 Å². The zero-order valence-electron chi connectivity index (χ0n) is 15.7. The van der Waals surface area contributed by atoms with Crippen LogP contribution in [0.2, 0.25) is 0 Å². The van der Waals surface area contributed by atoms with Gasteiger partial charge in [-0.25, -0.2) is 13.6 Å². The number of methoxy groups -OCH3 is 1. The van der Waals surface area contributed by atoms with Gasteiger partial charge in [-0.2, -0.15) is 0 Å². The van der Waals surface area contributed by atoms with Crippen LogP contribution in [-0.4, -0.2) is 21.4 Å². The van der Waals surface area contributed by atoms with E-state index in [1.165, 1.54) is 31.4 Å². The number of nitrogens with two attached hydrogens (primary N) is 1. The number of amides is 1. The summed E-state index contributed by atoms with van der Waals surface area (Å²) in [6, 6.07) is 20.1. The smallest absolute Gasteiger partial charge is 0.255 e. The number of ether oxygens (including phenoxy) is 2. The fourth-order valence-corrected chi connectivity index (χ4v) is 3.11. The van der Waals surface area contributed by atoms with Gasteiger partial charge in [-0.3, -0.25) is 4.79 Å². The van der Waals surface area contributed by atoms with Gasteiger partial charge in [0, 0.05) is 11.3 Å². The summed E-state index contributed by atoms with van der Waals surface area (Å²) in [7, 11) is -2.28. The van der Waals surface area contributed by atoms with Crippen molar-refractivity contribution in [3.63, 3.8) is 0 Å². The monoisotopic (exact) mass is 412 g/mol. The van der Waals surface area contributed by atoms with Gasteiger partial charge in [-0.1, -0.05) is 30.3 Å². The molecule has 3 N–H and O–H groups in total. The molecule has 0 atom stereocenters. The number of carbonyl (C=O) groups is 1. The van der Waals surface area contributed by atoms with Gasteiger partial charge in [0.05, 0.1) is 12.0 Å². The average molecular weight is 412 g/mol. The van der Waals surface area contributed by atoms with Crippen molar-refractivity contribution in [1.82, 2.24) is 0 Å². The van der Waals surface area contributed by atoms with Crippen LogP contribution < -0.4 is 19.9 Å². The molecule has 0 saturated carbocycles. The molecular formula is C21H20N2O5S. The highest BCUT2D eigenvalue weighted by Gasteiger charge is 2.13. The number of anilines is 1. The molecule has 1 amide bonds. The van der Waals surface area contributed by atoms with E-state index < -0.39 is 10.0 Å². The number of rotatable bonds is 7. The number of nitrogens with one attached hydrogen (secondary N) is 1. The summed E-state index contributed by atoms with van der Waals surface area (Å²) >= 11 is 0. The summed E-state index contributed by atoms with van der Waals surface area (Å²) in [5.41, 5.74) is 1.81. The maximum Gasteiger partial charge on any atom is 0.255 e. The van der Waals surface area contributed by atoms with E-state index in [0.29, 0.717) is 29.4 Å². The second-order valence-corrected chi connectivity index (χ2v) is 7.72. The summed E-state index contributed by atoms with van der Waals surface area (Å²) in [4.78, 5) is 12.5. The Bertz CT molecular complexity index is 1100. The fraction of sp³-hybridized carbons (Fsp3) is 0.0952. The van der Waals surface area contributed by atoms with Crippen LogP contribution in [-0.2, 0) is 16.6 Å².